The Morgan fingerprint density at radius 2 is 1.04 bits per heavy atom. The summed E-state index contributed by atoms with van der Waals surface area (Å²) in [6.45, 7) is 0. The van der Waals surface area contributed by atoms with E-state index in [1.807, 2.05) is 0 Å². The smallest absolute Gasteiger partial charge is 0.304 e. The number of carbonyl (C=O) groups is 1. The van der Waals surface area contributed by atoms with E-state index in [4.69, 9.17) is 16.7 Å². The minimum Gasteiger partial charge on any atom is -0.481 e. The molecule has 128 valence electrons. The molecule has 0 aliphatic heterocycles. The fourth-order valence-corrected chi connectivity index (χ4v) is 4.73. The first-order valence-electron chi connectivity index (χ1n) is 7.95. The first-order valence-corrected chi connectivity index (χ1v) is 9.83. The molecule has 4 heteroatoms. The van der Waals surface area contributed by atoms with E-state index >= 15 is 0 Å². The van der Waals surface area contributed by atoms with Crippen LogP contribution in [-0.4, -0.2) is 17.0 Å². The van der Waals surface area contributed by atoms with Crippen molar-refractivity contribution in [3.8, 4) is 0 Å². The Morgan fingerprint density at radius 1 is 0.720 bits per heavy atom. The second-order valence-corrected chi connectivity index (χ2v) is 7.77. The molecule has 3 aromatic carbocycles. The second kappa shape index (κ2) is 10.7. The molecule has 0 atom stereocenters. The number of rotatable bonds is 5. The van der Waals surface area contributed by atoms with Gasteiger partial charge in [-0.15, -0.1) is 11.6 Å². The van der Waals surface area contributed by atoms with Gasteiger partial charge in [-0.25, -0.2) is 0 Å². The lowest BCUT2D eigenvalue weighted by Gasteiger charge is -2.18. The van der Waals surface area contributed by atoms with Gasteiger partial charge in [0.05, 0.1) is 6.42 Å². The molecule has 0 heterocycles. The highest BCUT2D eigenvalue weighted by Gasteiger charge is 2.14. The van der Waals surface area contributed by atoms with Crippen LogP contribution in [0, 0.1) is 0 Å². The third kappa shape index (κ3) is 6.34. The third-order valence-corrected chi connectivity index (χ3v) is 5.98. The summed E-state index contributed by atoms with van der Waals surface area (Å²) >= 11 is 5.02. The van der Waals surface area contributed by atoms with Gasteiger partial charge in [-0.2, -0.15) is 0 Å². The van der Waals surface area contributed by atoms with Crippen LogP contribution in [-0.2, 0) is 4.79 Å². The Kier molecular flexibility index (Phi) is 8.18. The van der Waals surface area contributed by atoms with Crippen LogP contribution in [0.4, 0.5) is 0 Å². The van der Waals surface area contributed by atoms with Gasteiger partial charge >= 0.3 is 5.97 Å². The molecule has 0 saturated carbocycles. The molecule has 0 radical (unpaired) electrons. The van der Waals surface area contributed by atoms with Crippen molar-refractivity contribution in [2.45, 2.75) is 6.42 Å². The third-order valence-electron chi connectivity index (χ3n) is 3.35. The van der Waals surface area contributed by atoms with E-state index in [-0.39, 0.29) is 12.3 Å². The van der Waals surface area contributed by atoms with Gasteiger partial charge in [-0.3, -0.25) is 4.79 Å². The number of halogens is 1. The van der Waals surface area contributed by atoms with Gasteiger partial charge in [0.25, 0.3) is 0 Å². The van der Waals surface area contributed by atoms with Crippen molar-refractivity contribution in [3.63, 3.8) is 0 Å². The van der Waals surface area contributed by atoms with Crippen molar-refractivity contribution in [1.82, 2.24) is 0 Å². The van der Waals surface area contributed by atoms with Crippen molar-refractivity contribution in [1.29, 1.82) is 0 Å². The lowest BCUT2D eigenvalue weighted by Crippen LogP contribution is -2.20. The molecular formula is C21H20ClO2P. The molecule has 0 fully saturated rings. The molecule has 3 aromatic rings. The second-order valence-electron chi connectivity index (χ2n) is 5.17. The van der Waals surface area contributed by atoms with Gasteiger partial charge in [-0.05, 0) is 23.8 Å². The summed E-state index contributed by atoms with van der Waals surface area (Å²) in [5.41, 5.74) is 0. The van der Waals surface area contributed by atoms with Crippen molar-refractivity contribution in [3.05, 3.63) is 91.0 Å². The minimum atomic E-state index is -0.843. The number of hydrogen-bond donors (Lipinski definition) is 1. The summed E-state index contributed by atoms with van der Waals surface area (Å²) in [4.78, 5) is 9.51. The predicted molar refractivity (Wildman–Crippen MR) is 108 cm³/mol. The summed E-state index contributed by atoms with van der Waals surface area (Å²) in [6, 6.07) is 32.3. The predicted octanol–water partition coefficient (Wildman–Crippen LogP) is 4.14. The van der Waals surface area contributed by atoms with E-state index in [1.54, 1.807) is 0 Å². The number of aliphatic carboxylic acids is 1. The summed E-state index contributed by atoms with van der Waals surface area (Å²) in [5.74, 6) is -0.639. The van der Waals surface area contributed by atoms with E-state index in [0.717, 1.165) is 0 Å². The minimum absolute atomic E-state index is 0.0571. The quantitative estimate of drug-likeness (QED) is 0.541. The van der Waals surface area contributed by atoms with Gasteiger partial charge < -0.3 is 5.11 Å². The lowest BCUT2D eigenvalue weighted by molar-refractivity contribution is -0.136. The van der Waals surface area contributed by atoms with Crippen molar-refractivity contribution < 1.29 is 9.90 Å². The van der Waals surface area contributed by atoms with Gasteiger partial charge in [0.1, 0.15) is 0 Å². The van der Waals surface area contributed by atoms with E-state index in [0.29, 0.717) is 0 Å². The van der Waals surface area contributed by atoms with Crippen molar-refractivity contribution in [2.24, 2.45) is 0 Å². The van der Waals surface area contributed by atoms with Crippen LogP contribution in [0.15, 0.2) is 91.0 Å². The summed E-state index contributed by atoms with van der Waals surface area (Å²) in [6.07, 6.45) is 0.0571. The Bertz CT molecular complexity index is 655. The van der Waals surface area contributed by atoms with E-state index in [2.05, 4.69) is 91.0 Å². The number of alkyl halides is 1. The largest absolute Gasteiger partial charge is 0.481 e. The van der Waals surface area contributed by atoms with Gasteiger partial charge in [0.15, 0.2) is 0 Å². The number of carboxylic acids is 1. The average Bonchev–Trinajstić information content (AvgIpc) is 2.65. The Hall–Kier alpha value is -2.15. The molecule has 0 bridgehead atoms. The van der Waals surface area contributed by atoms with Gasteiger partial charge in [0, 0.05) is 5.88 Å². The summed E-state index contributed by atoms with van der Waals surface area (Å²) in [7, 11) is -0.446. The van der Waals surface area contributed by atoms with Crippen molar-refractivity contribution >= 4 is 41.4 Å². The monoisotopic (exact) mass is 370 g/mol. The summed E-state index contributed by atoms with van der Waals surface area (Å²) < 4.78 is 0. The zero-order chi connectivity index (χ0) is 17.9. The molecule has 3 rings (SSSR count). The van der Waals surface area contributed by atoms with E-state index < -0.39 is 13.9 Å². The molecule has 25 heavy (non-hydrogen) atoms. The van der Waals surface area contributed by atoms with Crippen molar-refractivity contribution in [2.75, 3.05) is 5.88 Å². The maximum absolute atomic E-state index is 9.51. The SMILES string of the molecule is O=C(O)CCCl.c1ccc(P(c2ccccc2)c2ccccc2)cc1. The molecule has 0 saturated heterocycles. The molecule has 0 unspecified atom stereocenters. The maximum Gasteiger partial charge on any atom is 0.304 e. The highest BCUT2D eigenvalue weighted by atomic mass is 35.5. The normalized spacial score (nSPS) is 10.0. The molecule has 1 N–H and O–H groups in total. The zero-order valence-corrected chi connectivity index (χ0v) is 15.4. The molecule has 0 amide bonds. The van der Waals surface area contributed by atoms with E-state index in [1.165, 1.54) is 15.9 Å². The Balaban J connectivity index is 0.000000326. The lowest BCUT2D eigenvalue weighted by atomic mass is 10.4. The first-order chi connectivity index (χ1) is 12.2. The number of hydrogen-bond acceptors (Lipinski definition) is 1. The Labute approximate surface area is 154 Å². The molecule has 0 aliphatic rings. The standard InChI is InChI=1S/C18H15P.C3H5ClO2/c1-4-10-16(11-5-1)19(17-12-6-2-7-13-17)18-14-8-3-9-15-18;4-2-1-3(5)6/h1-15H;1-2H2,(H,5,6). The van der Waals surface area contributed by atoms with Crippen LogP contribution in [0.25, 0.3) is 0 Å². The maximum atomic E-state index is 9.51. The van der Waals surface area contributed by atoms with Crippen LogP contribution in [0.2, 0.25) is 0 Å². The van der Waals surface area contributed by atoms with E-state index in [9.17, 15) is 4.79 Å². The average molecular weight is 371 g/mol. The van der Waals surface area contributed by atoms with Gasteiger partial charge in [0.2, 0.25) is 0 Å². The van der Waals surface area contributed by atoms with Crippen LogP contribution >= 0.6 is 19.5 Å². The van der Waals surface area contributed by atoms with Gasteiger partial charge in [-0.1, -0.05) is 91.0 Å². The first kappa shape index (κ1) is 19.2. The fourth-order valence-electron chi connectivity index (χ4n) is 2.26. The van der Waals surface area contributed by atoms with Crippen LogP contribution in [0.5, 0.6) is 0 Å². The molecule has 0 aliphatic carbocycles. The highest BCUT2D eigenvalue weighted by Crippen LogP contribution is 2.32. The Morgan fingerprint density at radius 3 is 1.24 bits per heavy atom. The van der Waals surface area contributed by atoms with Crippen LogP contribution in [0.1, 0.15) is 6.42 Å². The topological polar surface area (TPSA) is 37.3 Å². The molecule has 0 aromatic heterocycles. The molecule has 0 spiro atoms. The highest BCUT2D eigenvalue weighted by molar-refractivity contribution is 7.79. The van der Waals surface area contributed by atoms with Crippen LogP contribution in [0.3, 0.4) is 0 Å². The molecule has 2 nitrogen and oxygen atoms in total. The van der Waals surface area contributed by atoms with Crippen LogP contribution < -0.4 is 15.9 Å². The fraction of sp³-hybridized carbons (Fsp3) is 0.0952. The number of carboxylic acid groups (broad SMARTS) is 1. The number of benzene rings is 3. The zero-order valence-electron chi connectivity index (χ0n) is 13.8. The molecular weight excluding hydrogens is 351 g/mol. The summed E-state index contributed by atoms with van der Waals surface area (Å²) in [5, 5.41) is 12.0.